The number of hydrogen-bond donors (Lipinski definition) is 1. The second kappa shape index (κ2) is 7.32. The number of pyridine rings is 1. The van der Waals surface area contributed by atoms with Gasteiger partial charge in [-0.15, -0.1) is 0 Å². The van der Waals surface area contributed by atoms with Crippen molar-refractivity contribution in [2.45, 2.75) is 11.9 Å². The van der Waals surface area contributed by atoms with Crippen molar-refractivity contribution in [1.29, 1.82) is 5.26 Å². The largest absolute Gasteiger partial charge is 0.325 e. The van der Waals surface area contributed by atoms with Crippen molar-refractivity contribution in [2.24, 2.45) is 0 Å². The second-order valence-corrected chi connectivity index (χ2v) is 6.41. The average Bonchev–Trinajstić information content (AvgIpc) is 2.61. The van der Waals surface area contributed by atoms with E-state index in [1.807, 2.05) is 25.1 Å². The summed E-state index contributed by atoms with van der Waals surface area (Å²) in [6.45, 7) is 1.96. The molecule has 0 spiro atoms. The van der Waals surface area contributed by atoms with Crippen LogP contribution in [-0.4, -0.2) is 16.6 Å². The fraction of sp³-hybridized carbons (Fsp3) is 0.105. The summed E-state index contributed by atoms with van der Waals surface area (Å²) in [7, 11) is 0. The summed E-state index contributed by atoms with van der Waals surface area (Å²) in [5, 5.41) is 13.4. The lowest BCUT2D eigenvalue weighted by molar-refractivity contribution is -0.113. The molecule has 6 heteroatoms. The Morgan fingerprint density at radius 1 is 1.28 bits per heavy atom. The van der Waals surface area contributed by atoms with Gasteiger partial charge >= 0.3 is 0 Å². The van der Waals surface area contributed by atoms with Crippen molar-refractivity contribution in [1.82, 2.24) is 4.98 Å². The fourth-order valence-corrected chi connectivity index (χ4v) is 3.14. The molecule has 0 aliphatic rings. The highest BCUT2D eigenvalue weighted by Crippen LogP contribution is 2.26. The molecule has 0 fully saturated rings. The number of carbonyl (C=O) groups excluding carboxylic acids is 1. The highest BCUT2D eigenvalue weighted by atomic mass is 32.2. The van der Waals surface area contributed by atoms with E-state index in [0.29, 0.717) is 16.3 Å². The summed E-state index contributed by atoms with van der Waals surface area (Å²) < 4.78 is 12.9. The maximum absolute atomic E-state index is 12.9. The first-order chi connectivity index (χ1) is 12.1. The van der Waals surface area contributed by atoms with E-state index in [2.05, 4.69) is 16.4 Å². The van der Waals surface area contributed by atoms with Crippen molar-refractivity contribution >= 4 is 34.3 Å². The Morgan fingerprint density at radius 3 is 2.76 bits per heavy atom. The van der Waals surface area contributed by atoms with Gasteiger partial charge in [0.1, 0.15) is 16.9 Å². The molecule has 4 nitrogen and oxygen atoms in total. The van der Waals surface area contributed by atoms with Crippen LogP contribution >= 0.6 is 11.8 Å². The van der Waals surface area contributed by atoms with Crippen LogP contribution in [0.25, 0.3) is 10.9 Å². The highest BCUT2D eigenvalue weighted by molar-refractivity contribution is 8.00. The number of nitrogens with one attached hydrogen (secondary N) is 1. The minimum absolute atomic E-state index is 0.108. The maximum atomic E-state index is 12.9. The van der Waals surface area contributed by atoms with E-state index in [0.717, 1.165) is 16.5 Å². The molecule has 1 heterocycles. The van der Waals surface area contributed by atoms with Gasteiger partial charge in [-0.05, 0) is 42.8 Å². The standard InChI is InChI=1S/C19H14FN3OS/c1-12-3-2-4-13-9-14(10-21)19(23-18(12)13)25-11-17(24)22-16-7-5-15(20)6-8-16/h2-9H,11H2,1H3,(H,22,24). The van der Waals surface area contributed by atoms with Gasteiger partial charge in [0.25, 0.3) is 0 Å². The van der Waals surface area contributed by atoms with Gasteiger partial charge in [0, 0.05) is 11.1 Å². The molecule has 2 aromatic carbocycles. The van der Waals surface area contributed by atoms with E-state index in [1.165, 1.54) is 36.0 Å². The van der Waals surface area contributed by atoms with Crippen LogP contribution in [0.15, 0.2) is 53.6 Å². The number of hydrogen-bond acceptors (Lipinski definition) is 4. The van der Waals surface area contributed by atoms with E-state index in [4.69, 9.17) is 0 Å². The Kier molecular flexibility index (Phi) is 4.96. The van der Waals surface area contributed by atoms with Gasteiger partial charge in [-0.25, -0.2) is 9.37 Å². The number of carbonyl (C=O) groups is 1. The van der Waals surface area contributed by atoms with Crippen LogP contribution in [0.1, 0.15) is 11.1 Å². The summed E-state index contributed by atoms with van der Waals surface area (Å²) in [5.74, 6) is -0.495. The van der Waals surface area contributed by atoms with Gasteiger partial charge in [-0.2, -0.15) is 5.26 Å². The Bertz CT molecular complexity index is 980. The molecule has 0 unspecified atom stereocenters. The third-order valence-corrected chi connectivity index (χ3v) is 4.59. The molecular weight excluding hydrogens is 337 g/mol. The number of nitrogens with zero attached hydrogens (tertiary/aromatic N) is 2. The fourth-order valence-electron chi connectivity index (χ4n) is 2.38. The SMILES string of the molecule is Cc1cccc2cc(C#N)c(SCC(=O)Nc3ccc(F)cc3)nc12. The van der Waals surface area contributed by atoms with Gasteiger partial charge in [0.15, 0.2) is 0 Å². The van der Waals surface area contributed by atoms with Crippen LogP contribution in [0.3, 0.4) is 0 Å². The minimum Gasteiger partial charge on any atom is -0.325 e. The van der Waals surface area contributed by atoms with Gasteiger partial charge in [0.2, 0.25) is 5.91 Å². The molecule has 1 amide bonds. The van der Waals surface area contributed by atoms with Gasteiger partial charge in [0.05, 0.1) is 16.8 Å². The number of nitriles is 1. The van der Waals surface area contributed by atoms with E-state index >= 15 is 0 Å². The van der Waals surface area contributed by atoms with Crippen LogP contribution in [0.5, 0.6) is 0 Å². The Morgan fingerprint density at radius 2 is 2.04 bits per heavy atom. The molecule has 0 radical (unpaired) electrons. The number of para-hydroxylation sites is 1. The maximum Gasteiger partial charge on any atom is 0.234 e. The molecule has 1 N–H and O–H groups in total. The predicted octanol–water partition coefficient (Wildman–Crippen LogP) is 4.28. The second-order valence-electron chi connectivity index (χ2n) is 5.44. The van der Waals surface area contributed by atoms with Gasteiger partial charge < -0.3 is 5.32 Å². The molecule has 0 aliphatic carbocycles. The zero-order valence-corrected chi connectivity index (χ0v) is 14.2. The summed E-state index contributed by atoms with van der Waals surface area (Å²) in [5.41, 5.74) is 2.80. The predicted molar refractivity (Wildman–Crippen MR) is 96.9 cm³/mol. The van der Waals surface area contributed by atoms with Gasteiger partial charge in [-0.1, -0.05) is 30.0 Å². The summed E-state index contributed by atoms with van der Waals surface area (Å²) in [6, 6.07) is 15.3. The van der Waals surface area contributed by atoms with Crippen molar-refractivity contribution in [3.63, 3.8) is 0 Å². The number of halogens is 1. The number of amides is 1. The van der Waals surface area contributed by atoms with Crippen molar-refractivity contribution < 1.29 is 9.18 Å². The molecule has 3 aromatic rings. The zero-order chi connectivity index (χ0) is 17.8. The first-order valence-corrected chi connectivity index (χ1v) is 8.54. The Hall–Kier alpha value is -2.91. The summed E-state index contributed by atoms with van der Waals surface area (Å²) >= 11 is 1.21. The lowest BCUT2D eigenvalue weighted by atomic mass is 10.1. The van der Waals surface area contributed by atoms with E-state index in [-0.39, 0.29) is 17.5 Å². The molecule has 0 saturated heterocycles. The Balaban J connectivity index is 1.76. The van der Waals surface area contributed by atoms with E-state index in [9.17, 15) is 14.4 Å². The van der Waals surface area contributed by atoms with Crippen LogP contribution < -0.4 is 5.32 Å². The van der Waals surface area contributed by atoms with Crippen LogP contribution in [-0.2, 0) is 4.79 Å². The van der Waals surface area contributed by atoms with E-state index < -0.39 is 0 Å². The van der Waals surface area contributed by atoms with Crippen LogP contribution in [0, 0.1) is 24.1 Å². The van der Waals surface area contributed by atoms with Crippen LogP contribution in [0.4, 0.5) is 10.1 Å². The molecule has 0 bridgehead atoms. The molecular formula is C19H14FN3OS. The zero-order valence-electron chi connectivity index (χ0n) is 13.4. The minimum atomic E-state index is -0.359. The quantitative estimate of drug-likeness (QED) is 0.712. The number of aromatic nitrogens is 1. The summed E-state index contributed by atoms with van der Waals surface area (Å²) in [6.07, 6.45) is 0. The van der Waals surface area contributed by atoms with E-state index in [1.54, 1.807) is 6.07 Å². The number of benzene rings is 2. The first-order valence-electron chi connectivity index (χ1n) is 7.55. The number of fused-ring (bicyclic) bond motifs is 1. The smallest absolute Gasteiger partial charge is 0.234 e. The van der Waals surface area contributed by atoms with Crippen molar-refractivity contribution in [2.75, 3.05) is 11.1 Å². The number of rotatable bonds is 4. The molecule has 0 aliphatic heterocycles. The van der Waals surface area contributed by atoms with Crippen LogP contribution in [0.2, 0.25) is 0 Å². The lowest BCUT2D eigenvalue weighted by Crippen LogP contribution is -2.14. The molecule has 1 aromatic heterocycles. The number of thioether (sulfide) groups is 1. The first kappa shape index (κ1) is 16.9. The molecule has 124 valence electrons. The molecule has 25 heavy (non-hydrogen) atoms. The third kappa shape index (κ3) is 3.95. The molecule has 0 saturated carbocycles. The molecule has 0 atom stereocenters. The number of anilines is 1. The van der Waals surface area contributed by atoms with Crippen molar-refractivity contribution in [3.05, 3.63) is 65.5 Å². The monoisotopic (exact) mass is 351 g/mol. The van der Waals surface area contributed by atoms with Crippen molar-refractivity contribution in [3.8, 4) is 6.07 Å². The van der Waals surface area contributed by atoms with Gasteiger partial charge in [-0.3, -0.25) is 4.79 Å². The third-order valence-electron chi connectivity index (χ3n) is 3.60. The summed E-state index contributed by atoms with van der Waals surface area (Å²) in [4.78, 5) is 16.6. The number of aryl methyl sites for hydroxylation is 1. The Labute approximate surface area is 148 Å². The molecule has 3 rings (SSSR count). The average molecular weight is 351 g/mol. The topological polar surface area (TPSA) is 65.8 Å². The lowest BCUT2D eigenvalue weighted by Gasteiger charge is -2.08. The normalized spacial score (nSPS) is 10.4. The highest BCUT2D eigenvalue weighted by Gasteiger charge is 2.11.